The summed E-state index contributed by atoms with van der Waals surface area (Å²) in [5.41, 5.74) is 1.09. The monoisotopic (exact) mass is 377 g/mol. The van der Waals surface area contributed by atoms with Gasteiger partial charge in [-0.15, -0.1) is 11.3 Å². The summed E-state index contributed by atoms with van der Waals surface area (Å²) in [7, 11) is 0. The molecule has 1 N–H and O–H groups in total. The van der Waals surface area contributed by atoms with Gasteiger partial charge in [-0.1, -0.05) is 0 Å². The molecule has 0 aliphatic rings. The average molecular weight is 378 g/mol. The van der Waals surface area contributed by atoms with Crippen molar-refractivity contribution in [1.29, 1.82) is 0 Å². The molecule has 0 aliphatic heterocycles. The topological polar surface area (TPSA) is 64.6 Å². The Morgan fingerprint density at radius 2 is 2.00 bits per heavy atom. The van der Waals surface area contributed by atoms with E-state index in [9.17, 15) is 9.59 Å². The number of carbonyl (C=O) groups excluding carboxylic acids is 2. The van der Waals surface area contributed by atoms with Gasteiger partial charge in [0.05, 0.1) is 22.0 Å². The van der Waals surface area contributed by atoms with Gasteiger partial charge in [0.25, 0.3) is 0 Å². The smallest absolute Gasteiger partial charge is 0.328 e. The van der Waals surface area contributed by atoms with E-state index in [-0.39, 0.29) is 18.4 Å². The van der Waals surface area contributed by atoms with Gasteiger partial charge in [-0.05, 0) is 54.8 Å². The summed E-state index contributed by atoms with van der Waals surface area (Å²) in [5, 5.41) is 3.99. The number of carbonyl (C=O) groups is 2. The zero-order valence-electron chi connectivity index (χ0n) is 12.4. The third-order valence-electron chi connectivity index (χ3n) is 2.69. The number of hydrogen-bond acceptors (Lipinski definition) is 6. The second-order valence-electron chi connectivity index (χ2n) is 4.36. The second kappa shape index (κ2) is 9.04. The van der Waals surface area contributed by atoms with Crippen LogP contribution in [0.2, 0.25) is 0 Å². The van der Waals surface area contributed by atoms with Crippen molar-refractivity contribution in [2.45, 2.75) is 39.7 Å². The van der Waals surface area contributed by atoms with Crippen LogP contribution in [0.1, 0.15) is 32.3 Å². The summed E-state index contributed by atoms with van der Waals surface area (Å²) >= 11 is 4.95. The van der Waals surface area contributed by atoms with E-state index in [1.54, 1.807) is 13.8 Å². The fraction of sp³-hybridized carbons (Fsp3) is 0.571. The molecule has 0 saturated heterocycles. The highest BCUT2D eigenvalue weighted by molar-refractivity contribution is 9.11. The van der Waals surface area contributed by atoms with Crippen LogP contribution in [-0.4, -0.2) is 31.2 Å². The first-order chi connectivity index (χ1) is 9.97. The van der Waals surface area contributed by atoms with Crippen LogP contribution in [-0.2, 0) is 19.1 Å². The molecule has 118 valence electrons. The minimum atomic E-state index is -0.556. The van der Waals surface area contributed by atoms with E-state index >= 15 is 0 Å². The number of thiophene rings is 1. The zero-order chi connectivity index (χ0) is 15.8. The van der Waals surface area contributed by atoms with Gasteiger partial charge in [-0.3, -0.25) is 4.79 Å². The fourth-order valence-corrected chi connectivity index (χ4v) is 3.18. The van der Waals surface area contributed by atoms with E-state index in [1.165, 1.54) is 11.3 Å². The van der Waals surface area contributed by atoms with Crippen LogP contribution < -0.4 is 5.32 Å². The van der Waals surface area contributed by atoms with Crippen LogP contribution in [0.5, 0.6) is 0 Å². The summed E-state index contributed by atoms with van der Waals surface area (Å²) in [5.74, 6) is -0.666. The van der Waals surface area contributed by atoms with Gasteiger partial charge in [0.1, 0.15) is 6.04 Å². The van der Waals surface area contributed by atoms with Crippen LogP contribution in [0.25, 0.3) is 0 Å². The van der Waals surface area contributed by atoms with E-state index in [2.05, 4.69) is 21.2 Å². The maximum atomic E-state index is 12.0. The Morgan fingerprint density at radius 1 is 1.33 bits per heavy atom. The number of esters is 2. The molecule has 0 bridgehead atoms. The molecule has 5 nitrogen and oxygen atoms in total. The van der Waals surface area contributed by atoms with Gasteiger partial charge in [-0.2, -0.15) is 0 Å². The first-order valence-electron chi connectivity index (χ1n) is 6.82. The largest absolute Gasteiger partial charge is 0.466 e. The maximum Gasteiger partial charge on any atom is 0.328 e. The quantitative estimate of drug-likeness (QED) is 0.702. The normalized spacial score (nSPS) is 11.8. The molecule has 0 aliphatic carbocycles. The van der Waals surface area contributed by atoms with Crippen molar-refractivity contribution >= 4 is 44.2 Å². The van der Waals surface area contributed by atoms with Crippen molar-refractivity contribution in [2.24, 2.45) is 0 Å². The minimum absolute atomic E-state index is 0.176. The lowest BCUT2D eigenvalue weighted by Gasteiger charge is -2.16. The molecule has 0 unspecified atom stereocenters. The van der Waals surface area contributed by atoms with Gasteiger partial charge < -0.3 is 14.8 Å². The van der Waals surface area contributed by atoms with Crippen molar-refractivity contribution < 1.29 is 19.1 Å². The van der Waals surface area contributed by atoms with E-state index in [0.29, 0.717) is 19.6 Å². The van der Waals surface area contributed by atoms with E-state index < -0.39 is 6.04 Å². The molecular formula is C14H20BrNO4S. The van der Waals surface area contributed by atoms with Gasteiger partial charge >= 0.3 is 11.9 Å². The molecule has 0 aromatic carbocycles. The first kappa shape index (κ1) is 18.0. The van der Waals surface area contributed by atoms with Gasteiger partial charge in [0.2, 0.25) is 0 Å². The predicted octanol–water partition coefficient (Wildman–Crippen LogP) is 3.51. The van der Waals surface area contributed by atoms with Gasteiger partial charge in [-0.25, -0.2) is 4.79 Å². The SMILES string of the molecule is CCOC(=O)CC[C@H](Nc1cc(C)c(Br)s1)C(=O)OCC. The molecule has 0 saturated carbocycles. The molecular weight excluding hydrogens is 358 g/mol. The summed E-state index contributed by atoms with van der Waals surface area (Å²) in [6.45, 7) is 6.14. The van der Waals surface area contributed by atoms with Crippen molar-refractivity contribution in [3.05, 3.63) is 15.4 Å². The number of nitrogens with one attached hydrogen (secondary N) is 1. The highest BCUT2D eigenvalue weighted by Gasteiger charge is 2.22. The Balaban J connectivity index is 2.67. The lowest BCUT2D eigenvalue weighted by atomic mass is 10.1. The molecule has 1 aromatic heterocycles. The third kappa shape index (κ3) is 6.05. The van der Waals surface area contributed by atoms with E-state index in [1.807, 2.05) is 13.0 Å². The second-order valence-corrected chi connectivity index (χ2v) is 6.73. The van der Waals surface area contributed by atoms with E-state index in [4.69, 9.17) is 9.47 Å². The summed E-state index contributed by atoms with van der Waals surface area (Å²) in [6.07, 6.45) is 0.516. The van der Waals surface area contributed by atoms with Gasteiger partial charge in [0, 0.05) is 6.42 Å². The first-order valence-corrected chi connectivity index (χ1v) is 8.43. The fourth-order valence-electron chi connectivity index (χ4n) is 1.69. The number of hydrogen-bond donors (Lipinski definition) is 1. The zero-order valence-corrected chi connectivity index (χ0v) is 14.8. The molecule has 0 amide bonds. The van der Waals surface area contributed by atoms with Crippen LogP contribution in [0.3, 0.4) is 0 Å². The Hall–Kier alpha value is -1.08. The Kier molecular flexibility index (Phi) is 7.74. The third-order valence-corrected chi connectivity index (χ3v) is 4.76. The predicted molar refractivity (Wildman–Crippen MR) is 86.7 cm³/mol. The highest BCUT2D eigenvalue weighted by Crippen LogP contribution is 2.32. The molecule has 0 spiro atoms. The molecule has 1 aromatic rings. The maximum absolute atomic E-state index is 12.0. The van der Waals surface area contributed by atoms with Crippen LogP contribution in [0.4, 0.5) is 5.00 Å². The van der Waals surface area contributed by atoms with E-state index in [0.717, 1.165) is 14.4 Å². The summed E-state index contributed by atoms with van der Waals surface area (Å²) in [4.78, 5) is 23.4. The van der Waals surface area contributed by atoms with Crippen LogP contribution in [0.15, 0.2) is 9.85 Å². The molecule has 1 heterocycles. The summed E-state index contributed by atoms with van der Waals surface area (Å²) in [6, 6.07) is 1.39. The van der Waals surface area contributed by atoms with Crippen molar-refractivity contribution in [3.8, 4) is 0 Å². The summed E-state index contributed by atoms with van der Waals surface area (Å²) < 4.78 is 10.9. The van der Waals surface area contributed by atoms with Crippen molar-refractivity contribution in [1.82, 2.24) is 0 Å². The standard InChI is InChI=1S/C14H20BrNO4S/c1-4-19-12(17)7-6-10(14(18)20-5-2)16-11-8-9(3)13(15)21-11/h8,10,16H,4-7H2,1-3H3/t10-/m0/s1. The molecule has 1 rings (SSSR count). The van der Waals surface area contributed by atoms with Crippen molar-refractivity contribution in [2.75, 3.05) is 18.5 Å². The number of ether oxygens (including phenoxy) is 2. The lowest BCUT2D eigenvalue weighted by Crippen LogP contribution is -2.32. The molecule has 7 heteroatoms. The van der Waals surface area contributed by atoms with Gasteiger partial charge in [0.15, 0.2) is 0 Å². The highest BCUT2D eigenvalue weighted by atomic mass is 79.9. The van der Waals surface area contributed by atoms with Crippen molar-refractivity contribution in [3.63, 3.8) is 0 Å². The number of anilines is 1. The number of aryl methyl sites for hydroxylation is 1. The molecule has 1 atom stereocenters. The Bertz CT molecular complexity index is 470. The minimum Gasteiger partial charge on any atom is -0.466 e. The number of halogens is 1. The van der Waals surface area contributed by atoms with Crippen LogP contribution >= 0.6 is 27.3 Å². The lowest BCUT2D eigenvalue weighted by molar-refractivity contribution is -0.145. The molecule has 0 radical (unpaired) electrons. The average Bonchev–Trinajstić information content (AvgIpc) is 2.74. The molecule has 0 fully saturated rings. The Labute approximate surface area is 137 Å². The number of rotatable bonds is 8. The van der Waals surface area contributed by atoms with Crippen LogP contribution in [0, 0.1) is 6.92 Å². The Morgan fingerprint density at radius 3 is 2.52 bits per heavy atom. The molecule has 21 heavy (non-hydrogen) atoms.